The fourth-order valence-corrected chi connectivity index (χ4v) is 2.94. The standard InChI is InChI=1S/C16H34.C7H16/c1-3-5-7-9-11-13-15-16-14-12-10-8-6-4-2;1-3-5-7-6-4-2/h3-16H2,1-2H3;3-7H2,1-2H3. The van der Waals surface area contributed by atoms with Crippen LogP contribution in [0.15, 0.2) is 0 Å². The first kappa shape index (κ1) is 25.2. The van der Waals surface area contributed by atoms with Crippen LogP contribution in [0.2, 0.25) is 0 Å². The van der Waals surface area contributed by atoms with Crippen LogP contribution in [0.3, 0.4) is 0 Å². The second kappa shape index (κ2) is 26.9. The van der Waals surface area contributed by atoms with Gasteiger partial charge in [0.05, 0.1) is 0 Å². The summed E-state index contributed by atoms with van der Waals surface area (Å²) in [5.74, 6) is 0. The van der Waals surface area contributed by atoms with Crippen LogP contribution < -0.4 is 0 Å². The number of rotatable bonds is 17. The number of hydrogen-bond acceptors (Lipinski definition) is 0. The van der Waals surface area contributed by atoms with Crippen LogP contribution in [-0.4, -0.2) is 0 Å². The van der Waals surface area contributed by atoms with Crippen molar-refractivity contribution in [1.82, 2.24) is 0 Å². The smallest absolute Gasteiger partial charge is 0.0533 e. The molecule has 0 aliphatic heterocycles. The van der Waals surface area contributed by atoms with Crippen molar-refractivity contribution in [3.05, 3.63) is 0 Å². The Morgan fingerprint density at radius 1 is 0.217 bits per heavy atom. The quantitative estimate of drug-likeness (QED) is 0.233. The molecule has 0 atom stereocenters. The van der Waals surface area contributed by atoms with Gasteiger partial charge in [0.2, 0.25) is 0 Å². The van der Waals surface area contributed by atoms with Gasteiger partial charge in [-0.3, -0.25) is 0 Å². The molecule has 0 aliphatic carbocycles. The van der Waals surface area contributed by atoms with Gasteiger partial charge in [-0.25, -0.2) is 0 Å². The van der Waals surface area contributed by atoms with E-state index in [-0.39, 0.29) is 0 Å². The molecule has 0 aliphatic rings. The molecule has 142 valence electrons. The second-order valence-corrected chi connectivity index (χ2v) is 7.30. The van der Waals surface area contributed by atoms with Crippen LogP contribution >= 0.6 is 0 Å². The van der Waals surface area contributed by atoms with Crippen molar-refractivity contribution in [3.8, 4) is 0 Å². The van der Waals surface area contributed by atoms with E-state index >= 15 is 0 Å². The van der Waals surface area contributed by atoms with E-state index in [2.05, 4.69) is 27.7 Å². The first-order chi connectivity index (χ1) is 11.3. The predicted octanol–water partition coefficient (Wildman–Crippen LogP) is 9.46. The molecule has 0 aromatic carbocycles. The maximum atomic E-state index is 2.29. The predicted molar refractivity (Wildman–Crippen MR) is 110 cm³/mol. The first-order valence-electron chi connectivity index (χ1n) is 11.3. The zero-order chi connectivity index (χ0) is 17.4. The molecular weight excluding hydrogens is 276 g/mol. The minimum atomic E-state index is 1.36. The molecular formula is C23H50. The molecule has 0 rings (SSSR count). The fraction of sp³-hybridized carbons (Fsp3) is 1.00. The summed E-state index contributed by atoms with van der Waals surface area (Å²) >= 11 is 0. The van der Waals surface area contributed by atoms with Gasteiger partial charge in [-0.05, 0) is 0 Å². The Morgan fingerprint density at radius 3 is 0.522 bits per heavy atom. The van der Waals surface area contributed by atoms with Gasteiger partial charge in [-0.2, -0.15) is 0 Å². The van der Waals surface area contributed by atoms with Crippen molar-refractivity contribution in [2.45, 2.75) is 150 Å². The monoisotopic (exact) mass is 326 g/mol. The van der Waals surface area contributed by atoms with Gasteiger partial charge in [-0.1, -0.05) is 150 Å². The van der Waals surface area contributed by atoms with E-state index < -0.39 is 0 Å². The topological polar surface area (TPSA) is 0 Å². The SMILES string of the molecule is CCCCCCC.CCCCCCCCCCCCCCCC. The molecule has 0 unspecified atom stereocenters. The largest absolute Gasteiger partial charge is 0.0654 e. The summed E-state index contributed by atoms with van der Waals surface area (Å²) in [6.45, 7) is 9.07. The molecule has 0 saturated carbocycles. The van der Waals surface area contributed by atoms with E-state index in [1.807, 2.05) is 0 Å². The van der Waals surface area contributed by atoms with Crippen molar-refractivity contribution >= 4 is 0 Å². The van der Waals surface area contributed by atoms with Crippen molar-refractivity contribution in [3.63, 3.8) is 0 Å². The van der Waals surface area contributed by atoms with Crippen LogP contribution in [0.1, 0.15) is 150 Å². The van der Waals surface area contributed by atoms with Crippen LogP contribution in [0.25, 0.3) is 0 Å². The summed E-state index contributed by atoms with van der Waals surface area (Å²) in [6, 6.07) is 0. The summed E-state index contributed by atoms with van der Waals surface area (Å²) in [6.07, 6.45) is 27.4. The molecule has 0 radical (unpaired) electrons. The minimum absolute atomic E-state index is 1.36. The zero-order valence-electron chi connectivity index (χ0n) is 17.4. The summed E-state index contributed by atoms with van der Waals surface area (Å²) in [7, 11) is 0. The highest BCUT2D eigenvalue weighted by Crippen LogP contribution is 2.12. The highest BCUT2D eigenvalue weighted by Gasteiger charge is 1.92. The van der Waals surface area contributed by atoms with Crippen molar-refractivity contribution in [2.24, 2.45) is 0 Å². The molecule has 0 N–H and O–H groups in total. The molecule has 0 aromatic rings. The van der Waals surface area contributed by atoms with Gasteiger partial charge in [-0.15, -0.1) is 0 Å². The van der Waals surface area contributed by atoms with E-state index in [0.29, 0.717) is 0 Å². The number of hydrogen-bond donors (Lipinski definition) is 0. The lowest BCUT2D eigenvalue weighted by atomic mass is 10.0. The van der Waals surface area contributed by atoms with Gasteiger partial charge >= 0.3 is 0 Å². The summed E-state index contributed by atoms with van der Waals surface area (Å²) in [5, 5.41) is 0. The van der Waals surface area contributed by atoms with Crippen LogP contribution in [-0.2, 0) is 0 Å². The average molecular weight is 327 g/mol. The minimum Gasteiger partial charge on any atom is -0.0654 e. The normalized spacial score (nSPS) is 10.4. The highest BCUT2D eigenvalue weighted by molar-refractivity contribution is 4.48. The molecule has 0 saturated heterocycles. The molecule has 0 bridgehead atoms. The van der Waals surface area contributed by atoms with Crippen LogP contribution in [0.5, 0.6) is 0 Å². The molecule has 0 nitrogen and oxygen atoms in total. The van der Waals surface area contributed by atoms with E-state index in [1.165, 1.54) is 122 Å². The van der Waals surface area contributed by atoms with Gasteiger partial charge in [0.1, 0.15) is 0 Å². The maximum absolute atomic E-state index is 2.29. The Labute approximate surface area is 150 Å². The zero-order valence-corrected chi connectivity index (χ0v) is 17.4. The fourth-order valence-electron chi connectivity index (χ4n) is 2.94. The maximum Gasteiger partial charge on any atom is -0.0533 e. The highest BCUT2D eigenvalue weighted by atomic mass is 14.0. The van der Waals surface area contributed by atoms with Gasteiger partial charge in [0, 0.05) is 0 Å². The van der Waals surface area contributed by atoms with E-state index in [0.717, 1.165) is 0 Å². The Morgan fingerprint density at radius 2 is 0.348 bits per heavy atom. The molecule has 0 aromatic heterocycles. The summed E-state index contributed by atoms with van der Waals surface area (Å²) in [5.41, 5.74) is 0. The lowest BCUT2D eigenvalue weighted by Gasteiger charge is -2.02. The third kappa shape index (κ3) is 30.4. The Hall–Kier alpha value is 0. The Balaban J connectivity index is 0. The van der Waals surface area contributed by atoms with E-state index in [4.69, 9.17) is 0 Å². The van der Waals surface area contributed by atoms with Crippen molar-refractivity contribution in [2.75, 3.05) is 0 Å². The lowest BCUT2D eigenvalue weighted by Crippen LogP contribution is -1.82. The van der Waals surface area contributed by atoms with Gasteiger partial charge < -0.3 is 0 Å². The van der Waals surface area contributed by atoms with Crippen LogP contribution in [0, 0.1) is 0 Å². The van der Waals surface area contributed by atoms with E-state index in [9.17, 15) is 0 Å². The number of unbranched alkanes of at least 4 members (excludes halogenated alkanes) is 17. The molecule has 0 heteroatoms. The second-order valence-electron chi connectivity index (χ2n) is 7.30. The molecule has 0 spiro atoms. The Bertz CT molecular complexity index is 143. The molecule has 23 heavy (non-hydrogen) atoms. The lowest BCUT2D eigenvalue weighted by molar-refractivity contribution is 0.538. The summed E-state index contributed by atoms with van der Waals surface area (Å²) in [4.78, 5) is 0. The van der Waals surface area contributed by atoms with Crippen LogP contribution in [0.4, 0.5) is 0 Å². The first-order valence-corrected chi connectivity index (χ1v) is 11.3. The summed E-state index contributed by atoms with van der Waals surface area (Å²) < 4.78 is 0. The van der Waals surface area contributed by atoms with Gasteiger partial charge in [0.15, 0.2) is 0 Å². The third-order valence-corrected chi connectivity index (χ3v) is 4.66. The Kier molecular flexibility index (Phi) is 29.5. The molecule has 0 fully saturated rings. The van der Waals surface area contributed by atoms with E-state index in [1.54, 1.807) is 0 Å². The molecule has 0 amide bonds. The van der Waals surface area contributed by atoms with Gasteiger partial charge in [0.25, 0.3) is 0 Å². The van der Waals surface area contributed by atoms with Crippen molar-refractivity contribution < 1.29 is 0 Å². The molecule has 0 heterocycles. The average Bonchev–Trinajstić information content (AvgIpc) is 2.57. The van der Waals surface area contributed by atoms with Crippen molar-refractivity contribution in [1.29, 1.82) is 0 Å². The third-order valence-electron chi connectivity index (χ3n) is 4.66.